The maximum absolute atomic E-state index is 13.4. The normalized spacial score (nSPS) is 25.0. The lowest BCUT2D eigenvalue weighted by Crippen LogP contribution is -2.53. The minimum absolute atomic E-state index is 0.0358. The molecule has 0 aliphatic carbocycles. The molecule has 1 N–H and O–H groups in total. The molecule has 4 aliphatic rings. The van der Waals surface area contributed by atoms with Crippen LogP contribution in [-0.4, -0.2) is 66.6 Å². The van der Waals surface area contributed by atoms with Gasteiger partial charge >= 0.3 is 6.09 Å². The number of ether oxygens (including phenoxy) is 1. The summed E-state index contributed by atoms with van der Waals surface area (Å²) in [6.07, 6.45) is 1.19. The van der Waals surface area contributed by atoms with E-state index in [0.29, 0.717) is 11.5 Å². The summed E-state index contributed by atoms with van der Waals surface area (Å²) in [5.74, 6) is -2.43. The second-order valence-electron chi connectivity index (χ2n) is 11.1. The predicted octanol–water partition coefficient (Wildman–Crippen LogP) is 5.28. The molecule has 6 nitrogen and oxygen atoms in total. The summed E-state index contributed by atoms with van der Waals surface area (Å²) < 4.78 is 32.6. The number of fused-ring (bicyclic) bond motifs is 3. The Morgan fingerprint density at radius 2 is 1.49 bits per heavy atom. The van der Waals surface area contributed by atoms with Crippen LogP contribution in [0.15, 0.2) is 48.5 Å². The molecule has 198 valence electrons. The van der Waals surface area contributed by atoms with E-state index < -0.39 is 11.5 Å². The summed E-state index contributed by atoms with van der Waals surface area (Å²) in [6, 6.07) is 15.2. The van der Waals surface area contributed by atoms with Crippen molar-refractivity contribution < 1.29 is 23.1 Å². The highest BCUT2D eigenvalue weighted by Gasteiger charge is 2.38. The lowest BCUT2D eigenvalue weighted by molar-refractivity contribution is -0.0494. The molecule has 37 heavy (non-hydrogen) atoms. The van der Waals surface area contributed by atoms with Gasteiger partial charge in [0.15, 0.2) is 0 Å². The van der Waals surface area contributed by atoms with Crippen molar-refractivity contribution in [3.05, 3.63) is 59.7 Å². The van der Waals surface area contributed by atoms with Crippen LogP contribution in [0.4, 0.5) is 13.6 Å². The van der Waals surface area contributed by atoms with E-state index in [0.717, 1.165) is 49.2 Å². The molecule has 1 atom stereocenters. The fourth-order valence-corrected chi connectivity index (χ4v) is 5.64. The Kier molecular flexibility index (Phi) is 6.96. The standard InChI is InChI=1S/C29H35F2N3O3/c1-28(2,32-27(36)37-25-19-33-15-11-22(25)12-16-33)24-9-7-21(8-10-24)20-3-5-23(6-4-20)26(35)34-17-13-29(30,31)14-18-34/h3-10,22,25H,11-19H2,1-2H3,(H,32,36). The number of carbonyl (C=O) groups excluding carboxylic acids is 2. The molecule has 4 aliphatic heterocycles. The van der Waals surface area contributed by atoms with Crippen molar-refractivity contribution in [2.75, 3.05) is 32.7 Å². The lowest BCUT2D eigenvalue weighted by Gasteiger charge is -2.44. The number of piperidine rings is 4. The van der Waals surface area contributed by atoms with Crippen LogP contribution in [0, 0.1) is 5.92 Å². The van der Waals surface area contributed by atoms with Gasteiger partial charge in [-0.2, -0.15) is 0 Å². The summed E-state index contributed by atoms with van der Waals surface area (Å²) >= 11 is 0. The van der Waals surface area contributed by atoms with Gasteiger partial charge < -0.3 is 15.0 Å². The summed E-state index contributed by atoms with van der Waals surface area (Å²) in [6.45, 7) is 7.09. The summed E-state index contributed by atoms with van der Waals surface area (Å²) in [5, 5.41) is 3.03. The van der Waals surface area contributed by atoms with Gasteiger partial charge in [0.1, 0.15) is 6.10 Å². The van der Waals surface area contributed by atoms with Crippen molar-refractivity contribution in [1.29, 1.82) is 0 Å². The van der Waals surface area contributed by atoms with Gasteiger partial charge in [0.05, 0.1) is 5.54 Å². The zero-order valence-electron chi connectivity index (χ0n) is 21.5. The number of hydrogen-bond acceptors (Lipinski definition) is 4. The molecule has 2 aromatic rings. The number of carbonyl (C=O) groups is 2. The summed E-state index contributed by atoms with van der Waals surface area (Å²) in [7, 11) is 0. The van der Waals surface area contributed by atoms with Gasteiger partial charge in [-0.1, -0.05) is 36.4 Å². The van der Waals surface area contributed by atoms with Crippen LogP contribution >= 0.6 is 0 Å². The molecule has 1 unspecified atom stereocenters. The summed E-state index contributed by atoms with van der Waals surface area (Å²) in [4.78, 5) is 29.2. The Bertz CT molecular complexity index is 1120. The molecule has 2 bridgehead atoms. The number of nitrogens with zero attached hydrogens (tertiary/aromatic N) is 2. The van der Waals surface area contributed by atoms with Crippen molar-refractivity contribution in [3.63, 3.8) is 0 Å². The van der Waals surface area contributed by atoms with Crippen LogP contribution in [0.25, 0.3) is 11.1 Å². The zero-order chi connectivity index (χ0) is 26.2. The first-order valence-corrected chi connectivity index (χ1v) is 13.2. The van der Waals surface area contributed by atoms with Crippen molar-refractivity contribution >= 4 is 12.0 Å². The number of benzene rings is 2. The highest BCUT2D eigenvalue weighted by molar-refractivity contribution is 5.94. The molecule has 4 fully saturated rings. The third-order valence-electron chi connectivity index (χ3n) is 8.12. The number of hydrogen-bond donors (Lipinski definition) is 1. The van der Waals surface area contributed by atoms with Crippen molar-refractivity contribution in [1.82, 2.24) is 15.1 Å². The molecule has 8 heteroatoms. The number of nitrogens with one attached hydrogen (secondary N) is 1. The lowest BCUT2D eigenvalue weighted by atomic mass is 9.86. The minimum Gasteiger partial charge on any atom is -0.445 e. The van der Waals surface area contributed by atoms with Crippen LogP contribution in [0.1, 0.15) is 55.5 Å². The Hall–Kier alpha value is -3.00. The van der Waals surface area contributed by atoms with Gasteiger partial charge in [-0.05, 0) is 74.5 Å². The van der Waals surface area contributed by atoms with E-state index in [1.54, 1.807) is 12.1 Å². The van der Waals surface area contributed by atoms with Gasteiger partial charge in [0.25, 0.3) is 11.8 Å². The third-order valence-corrected chi connectivity index (χ3v) is 8.12. The van der Waals surface area contributed by atoms with Gasteiger partial charge in [-0.15, -0.1) is 0 Å². The van der Waals surface area contributed by atoms with E-state index in [4.69, 9.17) is 4.74 Å². The maximum atomic E-state index is 13.4. The van der Waals surface area contributed by atoms with E-state index in [1.165, 1.54) is 4.90 Å². The van der Waals surface area contributed by atoms with Crippen molar-refractivity contribution in [2.24, 2.45) is 5.92 Å². The van der Waals surface area contributed by atoms with Crippen molar-refractivity contribution in [3.8, 4) is 11.1 Å². The fourth-order valence-electron chi connectivity index (χ4n) is 5.64. The van der Waals surface area contributed by atoms with Crippen LogP contribution in [0.5, 0.6) is 0 Å². The molecular formula is C29H35F2N3O3. The number of halogens is 2. The molecule has 0 aromatic heterocycles. The SMILES string of the molecule is CC(C)(NC(=O)OC1CN2CCC1CC2)c1ccc(-c2ccc(C(=O)N3CCC(F)(F)CC3)cc2)cc1. The second-order valence-corrected chi connectivity index (χ2v) is 11.1. The number of amides is 2. The van der Waals surface area contributed by atoms with Gasteiger partial charge in [-0.25, -0.2) is 13.6 Å². The minimum atomic E-state index is -2.68. The first kappa shape index (κ1) is 25.6. The third kappa shape index (κ3) is 5.79. The largest absolute Gasteiger partial charge is 0.445 e. The number of likely N-dealkylation sites (tertiary alicyclic amines) is 1. The average Bonchev–Trinajstić information content (AvgIpc) is 2.89. The Morgan fingerprint density at radius 3 is 2.03 bits per heavy atom. The number of alkyl carbamates (subject to hydrolysis) is 1. The molecule has 4 heterocycles. The Labute approximate surface area is 217 Å². The second kappa shape index (κ2) is 10.0. The molecule has 0 spiro atoms. The van der Waals surface area contributed by atoms with E-state index in [-0.39, 0.29) is 44.0 Å². The van der Waals surface area contributed by atoms with E-state index in [2.05, 4.69) is 10.2 Å². The van der Waals surface area contributed by atoms with E-state index in [9.17, 15) is 18.4 Å². The molecule has 0 saturated carbocycles. The maximum Gasteiger partial charge on any atom is 0.408 e. The molecule has 4 saturated heterocycles. The molecule has 2 aromatic carbocycles. The first-order valence-electron chi connectivity index (χ1n) is 13.2. The number of rotatable bonds is 5. The van der Waals surface area contributed by atoms with E-state index in [1.807, 2.05) is 50.2 Å². The topological polar surface area (TPSA) is 61.9 Å². The average molecular weight is 512 g/mol. The van der Waals surface area contributed by atoms with Crippen LogP contribution in [-0.2, 0) is 10.3 Å². The zero-order valence-corrected chi connectivity index (χ0v) is 21.5. The smallest absolute Gasteiger partial charge is 0.408 e. The quantitative estimate of drug-likeness (QED) is 0.593. The molecule has 6 rings (SSSR count). The van der Waals surface area contributed by atoms with Gasteiger partial charge in [0.2, 0.25) is 0 Å². The first-order chi connectivity index (χ1) is 17.6. The van der Waals surface area contributed by atoms with E-state index >= 15 is 0 Å². The monoisotopic (exact) mass is 511 g/mol. The highest BCUT2D eigenvalue weighted by atomic mass is 19.3. The highest BCUT2D eigenvalue weighted by Crippen LogP contribution is 2.31. The summed E-state index contributed by atoms with van der Waals surface area (Å²) in [5.41, 5.74) is 2.77. The van der Waals surface area contributed by atoms with Gasteiger partial charge in [0, 0.05) is 38.0 Å². The van der Waals surface area contributed by atoms with Crippen molar-refractivity contribution in [2.45, 2.75) is 57.1 Å². The molecule has 0 radical (unpaired) electrons. The molecule has 2 amide bonds. The fraction of sp³-hybridized carbons (Fsp3) is 0.517. The Morgan fingerprint density at radius 1 is 0.919 bits per heavy atom. The Balaban J connectivity index is 1.18. The van der Waals surface area contributed by atoms with Crippen LogP contribution in [0.2, 0.25) is 0 Å². The van der Waals surface area contributed by atoms with Crippen LogP contribution in [0.3, 0.4) is 0 Å². The number of alkyl halides is 2. The van der Waals surface area contributed by atoms with Gasteiger partial charge in [-0.3, -0.25) is 9.69 Å². The molecular weight excluding hydrogens is 476 g/mol. The van der Waals surface area contributed by atoms with Crippen LogP contribution < -0.4 is 5.32 Å². The predicted molar refractivity (Wildman–Crippen MR) is 138 cm³/mol.